The number of likely N-dealkylation sites (tertiary alicyclic amines) is 1. The second-order valence-corrected chi connectivity index (χ2v) is 3.98. The van der Waals surface area contributed by atoms with Gasteiger partial charge in [-0.15, -0.1) is 0 Å². The summed E-state index contributed by atoms with van der Waals surface area (Å²) in [6, 6.07) is 3.75. The van der Waals surface area contributed by atoms with Crippen LogP contribution in [0.1, 0.15) is 38.5 Å². The van der Waals surface area contributed by atoms with Gasteiger partial charge in [0.2, 0.25) is 0 Å². The minimum absolute atomic E-state index is 0.594. The standard InChI is InChI=1S/C10H16N2/c11-7-6-9-3-1-2-8-12(9)10-4-5-10/h9-10H,1-6,8H2. The maximum absolute atomic E-state index is 8.66. The Kier molecular flexibility index (Phi) is 2.32. The molecule has 1 unspecified atom stereocenters. The average Bonchev–Trinajstić information content (AvgIpc) is 2.89. The SMILES string of the molecule is N#CCC1CCCCN1C1CC1. The molecule has 0 spiro atoms. The van der Waals surface area contributed by atoms with E-state index in [9.17, 15) is 0 Å². The maximum Gasteiger partial charge on any atom is 0.0638 e. The first-order chi connectivity index (χ1) is 5.92. The van der Waals surface area contributed by atoms with Crippen LogP contribution in [0, 0.1) is 11.3 Å². The third-order valence-corrected chi connectivity index (χ3v) is 3.02. The van der Waals surface area contributed by atoms with Crippen molar-refractivity contribution in [2.75, 3.05) is 6.54 Å². The molecular weight excluding hydrogens is 148 g/mol. The monoisotopic (exact) mass is 164 g/mol. The topological polar surface area (TPSA) is 27.0 Å². The van der Waals surface area contributed by atoms with E-state index in [0.29, 0.717) is 6.04 Å². The van der Waals surface area contributed by atoms with Crippen molar-refractivity contribution in [3.05, 3.63) is 0 Å². The van der Waals surface area contributed by atoms with Gasteiger partial charge < -0.3 is 0 Å². The zero-order valence-corrected chi connectivity index (χ0v) is 7.50. The van der Waals surface area contributed by atoms with Gasteiger partial charge >= 0.3 is 0 Å². The number of hydrogen-bond acceptors (Lipinski definition) is 2. The fraction of sp³-hybridized carbons (Fsp3) is 0.900. The van der Waals surface area contributed by atoms with Crippen molar-refractivity contribution in [2.45, 2.75) is 50.6 Å². The zero-order valence-electron chi connectivity index (χ0n) is 7.50. The van der Waals surface area contributed by atoms with Crippen LogP contribution < -0.4 is 0 Å². The van der Waals surface area contributed by atoms with Crippen molar-refractivity contribution in [1.29, 1.82) is 5.26 Å². The zero-order chi connectivity index (χ0) is 8.39. The van der Waals surface area contributed by atoms with E-state index in [1.807, 2.05) is 0 Å². The third kappa shape index (κ3) is 1.61. The van der Waals surface area contributed by atoms with Gasteiger partial charge in [0.25, 0.3) is 0 Å². The molecule has 1 saturated heterocycles. The third-order valence-electron chi connectivity index (χ3n) is 3.02. The van der Waals surface area contributed by atoms with Crippen LogP contribution in [0.25, 0.3) is 0 Å². The molecule has 0 aromatic carbocycles. The molecule has 2 fully saturated rings. The predicted molar refractivity (Wildman–Crippen MR) is 47.6 cm³/mol. The quantitative estimate of drug-likeness (QED) is 0.623. The van der Waals surface area contributed by atoms with E-state index in [2.05, 4.69) is 11.0 Å². The summed E-state index contributed by atoms with van der Waals surface area (Å²) < 4.78 is 0. The molecule has 0 N–H and O–H groups in total. The number of nitriles is 1. The van der Waals surface area contributed by atoms with Gasteiger partial charge in [-0.1, -0.05) is 6.42 Å². The molecule has 1 saturated carbocycles. The van der Waals surface area contributed by atoms with Crippen molar-refractivity contribution in [3.8, 4) is 6.07 Å². The molecule has 0 aromatic rings. The summed E-state index contributed by atoms with van der Waals surface area (Å²) in [6.45, 7) is 1.25. The highest BCUT2D eigenvalue weighted by Gasteiger charge is 2.34. The van der Waals surface area contributed by atoms with Gasteiger partial charge in [-0.3, -0.25) is 4.90 Å². The lowest BCUT2D eigenvalue weighted by Crippen LogP contribution is -2.40. The van der Waals surface area contributed by atoms with E-state index in [1.54, 1.807) is 0 Å². The van der Waals surface area contributed by atoms with Gasteiger partial charge in [0.05, 0.1) is 12.5 Å². The minimum Gasteiger partial charge on any atom is -0.296 e. The van der Waals surface area contributed by atoms with E-state index in [-0.39, 0.29) is 0 Å². The van der Waals surface area contributed by atoms with Crippen LogP contribution in [0.15, 0.2) is 0 Å². The van der Waals surface area contributed by atoms with E-state index < -0.39 is 0 Å². The molecule has 66 valence electrons. The summed E-state index contributed by atoms with van der Waals surface area (Å²) in [5.74, 6) is 0. The fourth-order valence-corrected chi connectivity index (χ4v) is 2.23. The van der Waals surface area contributed by atoms with Crippen molar-refractivity contribution in [1.82, 2.24) is 4.90 Å². The van der Waals surface area contributed by atoms with E-state index in [1.165, 1.54) is 38.6 Å². The molecule has 2 heteroatoms. The van der Waals surface area contributed by atoms with Crippen LogP contribution in [0.2, 0.25) is 0 Å². The molecule has 2 nitrogen and oxygen atoms in total. The van der Waals surface area contributed by atoms with Crippen LogP contribution >= 0.6 is 0 Å². The molecular formula is C10H16N2. The Morgan fingerprint density at radius 2 is 2.08 bits per heavy atom. The Bertz CT molecular complexity index is 191. The normalized spacial score (nSPS) is 31.4. The molecule has 0 radical (unpaired) electrons. The van der Waals surface area contributed by atoms with Crippen molar-refractivity contribution in [3.63, 3.8) is 0 Å². The van der Waals surface area contributed by atoms with Crippen LogP contribution in [-0.2, 0) is 0 Å². The lowest BCUT2D eigenvalue weighted by Gasteiger charge is -2.34. The summed E-state index contributed by atoms with van der Waals surface area (Å²) in [7, 11) is 0. The highest BCUT2D eigenvalue weighted by atomic mass is 15.2. The van der Waals surface area contributed by atoms with Gasteiger partial charge in [0, 0.05) is 12.1 Å². The van der Waals surface area contributed by atoms with Crippen LogP contribution in [0.5, 0.6) is 0 Å². The summed E-state index contributed by atoms with van der Waals surface area (Å²) in [4.78, 5) is 2.58. The summed E-state index contributed by atoms with van der Waals surface area (Å²) >= 11 is 0. The highest BCUT2D eigenvalue weighted by Crippen LogP contribution is 2.33. The summed E-state index contributed by atoms with van der Waals surface area (Å²) in [5.41, 5.74) is 0. The van der Waals surface area contributed by atoms with Crippen molar-refractivity contribution < 1.29 is 0 Å². The molecule has 1 aliphatic heterocycles. The number of hydrogen-bond donors (Lipinski definition) is 0. The molecule has 0 aromatic heterocycles. The fourth-order valence-electron chi connectivity index (χ4n) is 2.23. The smallest absolute Gasteiger partial charge is 0.0638 e. The van der Waals surface area contributed by atoms with Crippen LogP contribution in [0.3, 0.4) is 0 Å². The first-order valence-corrected chi connectivity index (χ1v) is 5.04. The van der Waals surface area contributed by atoms with Crippen LogP contribution in [0.4, 0.5) is 0 Å². The first-order valence-electron chi connectivity index (χ1n) is 5.04. The molecule has 2 aliphatic rings. The lowest BCUT2D eigenvalue weighted by molar-refractivity contribution is 0.141. The second kappa shape index (κ2) is 3.45. The van der Waals surface area contributed by atoms with Gasteiger partial charge in [-0.25, -0.2) is 0 Å². The molecule has 1 atom stereocenters. The van der Waals surface area contributed by atoms with Gasteiger partial charge in [0.15, 0.2) is 0 Å². The molecule has 0 amide bonds. The molecule has 1 aliphatic carbocycles. The lowest BCUT2D eigenvalue weighted by atomic mass is 10.00. The van der Waals surface area contributed by atoms with E-state index in [4.69, 9.17) is 5.26 Å². The van der Waals surface area contributed by atoms with Gasteiger partial charge in [-0.2, -0.15) is 5.26 Å². The maximum atomic E-state index is 8.66. The van der Waals surface area contributed by atoms with Gasteiger partial charge in [-0.05, 0) is 32.2 Å². The number of rotatable bonds is 2. The predicted octanol–water partition coefficient (Wildman–Crippen LogP) is 1.92. The van der Waals surface area contributed by atoms with Crippen molar-refractivity contribution >= 4 is 0 Å². The Morgan fingerprint density at radius 3 is 2.75 bits per heavy atom. The summed E-state index contributed by atoms with van der Waals surface area (Å²) in [6.07, 6.45) is 7.43. The van der Waals surface area contributed by atoms with E-state index >= 15 is 0 Å². The molecule has 1 heterocycles. The number of piperidine rings is 1. The summed E-state index contributed by atoms with van der Waals surface area (Å²) in [5, 5.41) is 8.66. The molecule has 0 bridgehead atoms. The molecule has 2 rings (SSSR count). The van der Waals surface area contributed by atoms with Crippen LogP contribution in [-0.4, -0.2) is 23.5 Å². The van der Waals surface area contributed by atoms with E-state index in [0.717, 1.165) is 12.5 Å². The first kappa shape index (κ1) is 8.07. The Morgan fingerprint density at radius 1 is 1.25 bits per heavy atom. The average molecular weight is 164 g/mol. The van der Waals surface area contributed by atoms with Crippen molar-refractivity contribution in [2.24, 2.45) is 0 Å². The minimum atomic E-state index is 0.594. The Labute approximate surface area is 74.2 Å². The highest BCUT2D eigenvalue weighted by molar-refractivity contribution is 4.93. The Balaban J connectivity index is 1.92. The van der Waals surface area contributed by atoms with Gasteiger partial charge in [0.1, 0.15) is 0 Å². The Hall–Kier alpha value is -0.550. The second-order valence-electron chi connectivity index (χ2n) is 3.98. The largest absolute Gasteiger partial charge is 0.296 e. The molecule has 12 heavy (non-hydrogen) atoms. The number of nitrogens with zero attached hydrogens (tertiary/aromatic N) is 2.